The fraction of sp³-hybridized carbons (Fsp3) is 0.727. The van der Waals surface area contributed by atoms with E-state index in [1.807, 2.05) is 125 Å². The smallest absolute Gasteiger partial charge is 0.875 e. The summed E-state index contributed by atoms with van der Waals surface area (Å²) in [7, 11) is 0. The van der Waals surface area contributed by atoms with Gasteiger partial charge in [0, 0.05) is 16.2 Å². The Morgan fingerprint density at radius 1 is 0.350 bits per heavy atom. The Morgan fingerprint density at radius 3 is 0.550 bits per heavy atom. The quantitative estimate of drug-likeness (QED) is 0.235. The van der Waals surface area contributed by atoms with Gasteiger partial charge in [-0.2, -0.15) is 0 Å². The van der Waals surface area contributed by atoms with Crippen molar-refractivity contribution in [2.24, 2.45) is 32.5 Å². The molecule has 6 nitrogen and oxygen atoms in total. The fourth-order valence-electron chi connectivity index (χ4n) is 1.66. The maximum absolute atomic E-state index is 11.4. The minimum atomic E-state index is -0.457. The van der Waals surface area contributed by atoms with Crippen LogP contribution in [0.25, 0.3) is 0 Å². The molecule has 1 radical (unpaired) electrons. The average molecular weight is 598 g/mol. The van der Waals surface area contributed by atoms with Crippen LogP contribution in [0.1, 0.15) is 125 Å². The molecule has 7 heteroatoms. The van der Waals surface area contributed by atoms with Gasteiger partial charge in [0.15, 0.2) is 17.3 Å². The Morgan fingerprint density at radius 2 is 0.475 bits per heavy atom. The number of carbonyl (C=O) groups is 3. The molecule has 0 amide bonds. The molecule has 0 aliphatic heterocycles. The molecule has 0 atom stereocenters. The van der Waals surface area contributed by atoms with Gasteiger partial charge in [0.2, 0.25) is 0 Å². The van der Waals surface area contributed by atoms with Crippen LogP contribution in [0.5, 0.6) is 0 Å². The van der Waals surface area contributed by atoms with Gasteiger partial charge in [-0.25, -0.2) is 0 Å². The molecule has 0 N–H and O–H groups in total. The molecule has 0 aliphatic carbocycles. The molecule has 0 aromatic rings. The zero-order valence-electron chi connectivity index (χ0n) is 28.7. The van der Waals surface area contributed by atoms with Crippen molar-refractivity contribution >= 4 is 17.3 Å². The molecular formula is C33H57O6Ti. The van der Waals surface area contributed by atoms with Gasteiger partial charge < -0.3 is 15.3 Å². The summed E-state index contributed by atoms with van der Waals surface area (Å²) in [5.41, 5.74) is -2.74. The number of rotatable bonds is 3. The van der Waals surface area contributed by atoms with Crippen LogP contribution in [0.15, 0.2) is 35.5 Å². The predicted molar refractivity (Wildman–Crippen MR) is 156 cm³/mol. The van der Waals surface area contributed by atoms with E-state index < -0.39 is 32.5 Å². The summed E-state index contributed by atoms with van der Waals surface area (Å²) in [5.74, 6) is -0.625. The van der Waals surface area contributed by atoms with Crippen LogP contribution in [0.3, 0.4) is 0 Å². The van der Waals surface area contributed by atoms with Gasteiger partial charge in [0.1, 0.15) is 0 Å². The summed E-state index contributed by atoms with van der Waals surface area (Å²) < 4.78 is 0. The van der Waals surface area contributed by atoms with Gasteiger partial charge in [0.25, 0.3) is 0 Å². The van der Waals surface area contributed by atoms with Crippen LogP contribution in [-0.4, -0.2) is 17.3 Å². The first kappa shape index (κ1) is 45.3. The Kier molecular flexibility index (Phi) is 18.3. The van der Waals surface area contributed by atoms with Crippen molar-refractivity contribution in [1.82, 2.24) is 0 Å². The molecule has 0 bridgehead atoms. The molecule has 0 saturated heterocycles. The zero-order valence-corrected chi connectivity index (χ0v) is 30.2. The van der Waals surface area contributed by atoms with E-state index in [2.05, 4.69) is 0 Å². The van der Waals surface area contributed by atoms with Gasteiger partial charge in [0.05, 0.1) is 0 Å². The third-order valence-electron chi connectivity index (χ3n) is 5.22. The molecule has 0 unspecified atom stereocenters. The Bertz CT molecular complexity index is 801. The van der Waals surface area contributed by atoms with Crippen LogP contribution in [-0.2, 0) is 36.1 Å². The van der Waals surface area contributed by atoms with E-state index in [0.717, 1.165) is 0 Å². The van der Waals surface area contributed by atoms with E-state index in [1.54, 1.807) is 0 Å². The fourth-order valence-corrected chi connectivity index (χ4v) is 1.66. The van der Waals surface area contributed by atoms with Crippen LogP contribution >= 0.6 is 0 Å². The molecule has 0 aliphatic rings. The zero-order chi connectivity index (χ0) is 32.6. The van der Waals surface area contributed by atoms with E-state index in [-0.39, 0.29) is 56.3 Å². The Balaban J connectivity index is -0.000000240. The maximum Gasteiger partial charge on any atom is 3.00 e. The van der Waals surface area contributed by atoms with Crippen molar-refractivity contribution in [2.45, 2.75) is 125 Å². The van der Waals surface area contributed by atoms with Crippen molar-refractivity contribution in [3.05, 3.63) is 35.5 Å². The van der Waals surface area contributed by atoms with Crippen molar-refractivity contribution in [3.8, 4) is 0 Å². The van der Waals surface area contributed by atoms with Gasteiger partial charge in [-0.15, -0.1) is 17.3 Å². The van der Waals surface area contributed by atoms with Crippen LogP contribution < -0.4 is 15.3 Å². The molecule has 0 spiro atoms. The molecule has 0 heterocycles. The first-order valence-electron chi connectivity index (χ1n) is 13.5. The molecule has 0 fully saturated rings. The summed E-state index contributed by atoms with van der Waals surface area (Å²) in [6.45, 7) is 32.5. The van der Waals surface area contributed by atoms with Crippen molar-refractivity contribution in [1.29, 1.82) is 0 Å². The average Bonchev–Trinajstić information content (AvgIpc) is 2.64. The van der Waals surface area contributed by atoms with Crippen molar-refractivity contribution in [2.75, 3.05) is 0 Å². The van der Waals surface area contributed by atoms with E-state index in [1.165, 1.54) is 18.2 Å². The first-order chi connectivity index (χ1) is 16.6. The molecule has 0 aromatic heterocycles. The third-order valence-corrected chi connectivity index (χ3v) is 5.22. The number of carbonyl (C=O) groups excluding carboxylic acids is 3. The van der Waals surface area contributed by atoms with Gasteiger partial charge in [-0.3, -0.25) is 14.4 Å². The molecule has 0 saturated carbocycles. The molecule has 229 valence electrons. The molecule has 0 rings (SSSR count). The third kappa shape index (κ3) is 21.1. The summed E-state index contributed by atoms with van der Waals surface area (Å²) in [6, 6.07) is 0. The Hall–Kier alpha value is -1.66. The largest absolute Gasteiger partial charge is 3.00 e. The summed E-state index contributed by atoms with van der Waals surface area (Å²) >= 11 is 0. The second kappa shape index (κ2) is 16.1. The Labute approximate surface area is 260 Å². The predicted octanol–water partition coefficient (Wildman–Crippen LogP) is 5.67. The second-order valence-electron chi connectivity index (χ2n) is 16.1. The summed E-state index contributed by atoms with van der Waals surface area (Å²) in [5, 5.41) is 34.3. The van der Waals surface area contributed by atoms with Gasteiger partial charge >= 0.3 is 21.7 Å². The van der Waals surface area contributed by atoms with Crippen molar-refractivity contribution < 1.29 is 51.4 Å². The molecular weight excluding hydrogens is 540 g/mol. The summed E-state index contributed by atoms with van der Waals surface area (Å²) in [6.07, 6.45) is 3.67. The van der Waals surface area contributed by atoms with E-state index in [4.69, 9.17) is 0 Å². The number of ketones is 3. The van der Waals surface area contributed by atoms with E-state index in [0.29, 0.717) is 0 Å². The standard InChI is InChI=1S/3C11H20O2.Ti/c3*1-10(2,3)8(12)7-9(13)11(4,5)6;/h3*7,12H,1-6H3;/q;;;+3/p-3/b3*8-7-;. The van der Waals surface area contributed by atoms with Gasteiger partial charge in [-0.05, 0) is 34.5 Å². The first-order valence-corrected chi connectivity index (χ1v) is 13.5. The maximum atomic E-state index is 11.4. The van der Waals surface area contributed by atoms with Crippen LogP contribution in [0, 0.1) is 32.5 Å². The van der Waals surface area contributed by atoms with Crippen molar-refractivity contribution in [3.63, 3.8) is 0 Å². The monoisotopic (exact) mass is 597 g/mol. The minimum Gasteiger partial charge on any atom is -0.875 e. The number of hydrogen-bond donors (Lipinski definition) is 0. The SMILES string of the molecule is CC(C)(C)C(=O)/C=C(\[O-])C(C)(C)C.CC(C)(C)C(=O)/C=C(\[O-])C(C)(C)C.CC(C)(C)C(=O)/C=C(\[O-])C(C)(C)C.[Ti+3]. The summed E-state index contributed by atoms with van der Waals surface area (Å²) in [4.78, 5) is 34.3. The molecule has 40 heavy (non-hydrogen) atoms. The normalized spacial score (nSPS) is 14.1. The van der Waals surface area contributed by atoms with E-state index >= 15 is 0 Å². The van der Waals surface area contributed by atoms with Crippen LogP contribution in [0.2, 0.25) is 0 Å². The van der Waals surface area contributed by atoms with Gasteiger partial charge in [-0.1, -0.05) is 125 Å². The second-order valence-corrected chi connectivity index (χ2v) is 16.1. The minimum absolute atomic E-state index is 0. The number of allylic oxidation sites excluding steroid dienone is 6. The van der Waals surface area contributed by atoms with E-state index in [9.17, 15) is 29.7 Å². The topological polar surface area (TPSA) is 120 Å². The number of hydrogen-bond acceptors (Lipinski definition) is 6. The molecule has 0 aromatic carbocycles. The van der Waals surface area contributed by atoms with Crippen LogP contribution in [0.4, 0.5) is 0 Å².